The van der Waals surface area contributed by atoms with Crippen molar-refractivity contribution < 1.29 is 28.2 Å². The van der Waals surface area contributed by atoms with Gasteiger partial charge in [-0.05, 0) is 50.1 Å². The number of nitrogens with zero attached hydrogens (tertiary/aromatic N) is 4. The van der Waals surface area contributed by atoms with E-state index in [1.807, 2.05) is 0 Å². The van der Waals surface area contributed by atoms with E-state index in [0.29, 0.717) is 61.8 Å². The normalized spacial score (nSPS) is 19.3. The molecule has 1 aromatic heterocycles. The Labute approximate surface area is 223 Å². The summed E-state index contributed by atoms with van der Waals surface area (Å²) in [7, 11) is 1.26. The van der Waals surface area contributed by atoms with Gasteiger partial charge in [-0.15, -0.1) is 0 Å². The number of amides is 2. The number of halogens is 3. The quantitative estimate of drug-likeness (QED) is 0.527. The first-order valence-corrected chi connectivity index (χ1v) is 12.7. The number of hydrogen-bond donors (Lipinski definition) is 1. The van der Waals surface area contributed by atoms with Crippen molar-refractivity contribution in [1.82, 2.24) is 19.4 Å². The number of aromatic nitrogens is 2. The molecule has 2 aliphatic rings. The van der Waals surface area contributed by atoms with Crippen LogP contribution in [0.4, 0.5) is 8.78 Å². The Kier molecular flexibility index (Phi) is 7.11. The molecule has 2 aromatic carbocycles. The molecule has 2 heterocycles. The zero-order valence-corrected chi connectivity index (χ0v) is 21.7. The molecule has 8 nitrogen and oxygen atoms in total. The number of piperazine rings is 1. The van der Waals surface area contributed by atoms with E-state index >= 15 is 0 Å². The number of benzene rings is 2. The van der Waals surface area contributed by atoms with E-state index in [2.05, 4.69) is 4.98 Å². The zero-order valence-electron chi connectivity index (χ0n) is 21.0. The van der Waals surface area contributed by atoms with Crippen LogP contribution in [0.5, 0.6) is 5.75 Å². The minimum atomic E-state index is -1.10. The van der Waals surface area contributed by atoms with Crippen LogP contribution < -0.4 is 4.74 Å². The highest BCUT2D eigenvalue weighted by molar-refractivity contribution is 6.34. The second-order valence-corrected chi connectivity index (χ2v) is 9.98. The summed E-state index contributed by atoms with van der Waals surface area (Å²) in [5.74, 6) is -2.19. The van der Waals surface area contributed by atoms with E-state index in [1.54, 1.807) is 39.5 Å². The number of carbonyl (C=O) groups excluding carboxylic acids is 2. The highest BCUT2D eigenvalue weighted by Gasteiger charge is 2.37. The van der Waals surface area contributed by atoms with Crippen LogP contribution in [0, 0.1) is 24.5 Å². The summed E-state index contributed by atoms with van der Waals surface area (Å²) < 4.78 is 35.7. The third-order valence-electron chi connectivity index (χ3n) is 7.26. The summed E-state index contributed by atoms with van der Waals surface area (Å²) in [6.07, 6.45) is 2.05. The van der Waals surface area contributed by atoms with Crippen LogP contribution in [0.15, 0.2) is 36.5 Å². The van der Waals surface area contributed by atoms with Crippen LogP contribution in [-0.4, -0.2) is 75.7 Å². The monoisotopic (exact) mass is 544 g/mol. The van der Waals surface area contributed by atoms with Gasteiger partial charge in [0.05, 0.1) is 35.7 Å². The van der Waals surface area contributed by atoms with E-state index in [1.165, 1.54) is 25.4 Å². The summed E-state index contributed by atoms with van der Waals surface area (Å²) in [6.45, 7) is 3.33. The average molecular weight is 545 g/mol. The third-order valence-corrected chi connectivity index (χ3v) is 7.58. The standard InChI is InChI=1S/C27H27ClF2N4O4/c1-15-31-14-22(20-5-6-23(38-2)25(30)24(20)29)34(15)17-3-4-19(21(28)13-17)27(37)33-9-7-32(8-10-33)26(36)16-11-18(35)12-16/h3-6,13-14,16,18,35H,7-12H2,1-2H3. The van der Waals surface area contributed by atoms with Crippen LogP contribution >= 0.6 is 11.6 Å². The van der Waals surface area contributed by atoms with Gasteiger partial charge in [-0.1, -0.05) is 11.6 Å². The van der Waals surface area contributed by atoms with Crippen molar-refractivity contribution in [3.63, 3.8) is 0 Å². The first kappa shape index (κ1) is 26.1. The Morgan fingerprint density at radius 1 is 1.05 bits per heavy atom. The molecule has 1 saturated carbocycles. The second-order valence-electron chi connectivity index (χ2n) is 9.57. The predicted molar refractivity (Wildman–Crippen MR) is 136 cm³/mol. The van der Waals surface area contributed by atoms with Gasteiger partial charge in [-0.3, -0.25) is 14.2 Å². The number of aliphatic hydroxyl groups is 1. The number of hydrogen-bond acceptors (Lipinski definition) is 5. The van der Waals surface area contributed by atoms with Gasteiger partial charge in [0.15, 0.2) is 11.6 Å². The summed E-state index contributed by atoms with van der Waals surface area (Å²) in [6, 6.07) is 7.63. The lowest BCUT2D eigenvalue weighted by molar-refractivity contribution is -0.143. The molecule has 0 unspecified atom stereocenters. The van der Waals surface area contributed by atoms with Crippen LogP contribution in [0.2, 0.25) is 5.02 Å². The van der Waals surface area contributed by atoms with Crippen molar-refractivity contribution in [3.05, 3.63) is 64.6 Å². The second kappa shape index (κ2) is 10.3. The highest BCUT2D eigenvalue weighted by atomic mass is 35.5. The van der Waals surface area contributed by atoms with E-state index < -0.39 is 17.7 Å². The van der Waals surface area contributed by atoms with Crippen molar-refractivity contribution in [2.45, 2.75) is 25.9 Å². The first-order chi connectivity index (χ1) is 18.2. The van der Waals surface area contributed by atoms with Crippen molar-refractivity contribution in [1.29, 1.82) is 0 Å². The molecule has 1 aliphatic carbocycles. The fourth-order valence-corrected chi connectivity index (χ4v) is 5.27. The van der Waals surface area contributed by atoms with Gasteiger partial charge in [0, 0.05) is 43.3 Å². The Bertz CT molecular complexity index is 1400. The molecule has 5 rings (SSSR count). The largest absolute Gasteiger partial charge is 0.494 e. The molecule has 3 aromatic rings. The fourth-order valence-electron chi connectivity index (χ4n) is 5.01. The Balaban J connectivity index is 1.34. The average Bonchev–Trinajstić information content (AvgIpc) is 3.28. The maximum atomic E-state index is 14.8. The lowest BCUT2D eigenvalue weighted by Gasteiger charge is -2.39. The smallest absolute Gasteiger partial charge is 0.255 e. The van der Waals surface area contributed by atoms with Crippen LogP contribution in [0.3, 0.4) is 0 Å². The van der Waals surface area contributed by atoms with E-state index in [-0.39, 0.29) is 34.1 Å². The lowest BCUT2D eigenvalue weighted by atomic mass is 9.81. The Morgan fingerprint density at radius 3 is 2.37 bits per heavy atom. The first-order valence-electron chi connectivity index (χ1n) is 12.3. The number of imidazole rings is 1. The van der Waals surface area contributed by atoms with Crippen LogP contribution in [0.1, 0.15) is 29.0 Å². The number of carbonyl (C=O) groups is 2. The van der Waals surface area contributed by atoms with Gasteiger partial charge in [-0.25, -0.2) is 9.37 Å². The number of aliphatic hydroxyl groups excluding tert-OH is 1. The minimum Gasteiger partial charge on any atom is -0.494 e. The Hall–Kier alpha value is -3.50. The number of aryl methyl sites for hydroxylation is 1. The predicted octanol–water partition coefficient (Wildman–Crippen LogP) is 3.84. The molecule has 200 valence electrons. The SMILES string of the molecule is COc1ccc(-c2cnc(C)n2-c2ccc(C(=O)N3CCN(C(=O)C4CC(O)C4)CC3)c(Cl)c2)c(F)c1F. The van der Waals surface area contributed by atoms with Crippen molar-refractivity contribution in [3.8, 4) is 22.7 Å². The maximum absolute atomic E-state index is 14.8. The van der Waals surface area contributed by atoms with Crippen molar-refractivity contribution in [2.75, 3.05) is 33.3 Å². The lowest BCUT2D eigenvalue weighted by Crippen LogP contribution is -2.53. The molecule has 1 N–H and O–H groups in total. The highest BCUT2D eigenvalue weighted by Crippen LogP contribution is 2.33. The van der Waals surface area contributed by atoms with Gasteiger partial charge in [0.2, 0.25) is 11.7 Å². The molecular weight excluding hydrogens is 518 g/mol. The van der Waals surface area contributed by atoms with Gasteiger partial charge in [0.25, 0.3) is 5.91 Å². The van der Waals surface area contributed by atoms with Gasteiger partial charge < -0.3 is 19.6 Å². The van der Waals surface area contributed by atoms with Gasteiger partial charge in [-0.2, -0.15) is 4.39 Å². The summed E-state index contributed by atoms with van der Waals surface area (Å²) in [5, 5.41) is 9.67. The van der Waals surface area contributed by atoms with E-state index in [4.69, 9.17) is 16.3 Å². The number of methoxy groups -OCH3 is 1. The zero-order chi connectivity index (χ0) is 27.1. The molecule has 0 atom stereocenters. The van der Waals surface area contributed by atoms with E-state index in [0.717, 1.165) is 0 Å². The summed E-state index contributed by atoms with van der Waals surface area (Å²) >= 11 is 6.55. The molecule has 2 amide bonds. The van der Waals surface area contributed by atoms with Gasteiger partial charge in [0.1, 0.15) is 5.82 Å². The number of rotatable bonds is 5. The van der Waals surface area contributed by atoms with Gasteiger partial charge >= 0.3 is 0 Å². The van der Waals surface area contributed by atoms with Crippen LogP contribution in [0.25, 0.3) is 16.9 Å². The molecule has 0 bridgehead atoms. The summed E-state index contributed by atoms with van der Waals surface area (Å²) in [4.78, 5) is 33.4. The van der Waals surface area contributed by atoms with Crippen molar-refractivity contribution >= 4 is 23.4 Å². The molecule has 38 heavy (non-hydrogen) atoms. The molecule has 0 radical (unpaired) electrons. The van der Waals surface area contributed by atoms with E-state index in [9.17, 15) is 23.5 Å². The molecule has 11 heteroatoms. The molecule has 1 saturated heterocycles. The third kappa shape index (κ3) is 4.63. The number of ether oxygens (including phenoxy) is 1. The molecule has 0 spiro atoms. The molecule has 1 aliphatic heterocycles. The minimum absolute atomic E-state index is 0.00371. The van der Waals surface area contributed by atoms with Crippen molar-refractivity contribution in [2.24, 2.45) is 5.92 Å². The fraction of sp³-hybridized carbons (Fsp3) is 0.370. The topological polar surface area (TPSA) is 87.9 Å². The molecule has 2 fully saturated rings. The Morgan fingerprint density at radius 2 is 1.74 bits per heavy atom. The summed E-state index contributed by atoms with van der Waals surface area (Å²) in [5.41, 5.74) is 1.16. The molecular formula is C27H27ClF2N4O4. The van der Waals surface area contributed by atoms with Crippen LogP contribution in [-0.2, 0) is 4.79 Å². The maximum Gasteiger partial charge on any atom is 0.255 e.